The predicted molar refractivity (Wildman–Crippen MR) is 43.5 cm³/mol. The van der Waals surface area contributed by atoms with Gasteiger partial charge in [-0.3, -0.25) is 0 Å². The molecule has 0 N–H and O–H groups in total. The van der Waals surface area contributed by atoms with Gasteiger partial charge < -0.3 is 5.01 Å². The fourth-order valence-corrected chi connectivity index (χ4v) is 1.39. The van der Waals surface area contributed by atoms with Crippen LogP contribution in [0.25, 0.3) is 0 Å². The maximum absolute atomic E-state index is 6.03. The molecule has 0 aromatic heterocycles. The van der Waals surface area contributed by atoms with Gasteiger partial charge in [0.1, 0.15) is 5.50 Å². The number of nitrogens with zero attached hydrogens (tertiary/aromatic N) is 2. The van der Waals surface area contributed by atoms with Gasteiger partial charge in [-0.25, -0.2) is 5.01 Å². The molecule has 0 aromatic carbocycles. The highest BCUT2D eigenvalue weighted by atomic mass is 35.5. The van der Waals surface area contributed by atoms with Crippen LogP contribution in [0.5, 0.6) is 0 Å². The number of likely N-dealkylation sites (N-methyl/N-ethyl adjacent to an activating group) is 1. The Morgan fingerprint density at radius 2 is 1.80 bits per heavy atom. The van der Waals surface area contributed by atoms with Crippen molar-refractivity contribution in [2.45, 2.75) is 19.3 Å². The van der Waals surface area contributed by atoms with Gasteiger partial charge >= 0.3 is 0 Å². The highest BCUT2D eigenvalue weighted by Gasteiger charge is 2.26. The van der Waals surface area contributed by atoms with Crippen LogP contribution in [0.15, 0.2) is 11.3 Å². The van der Waals surface area contributed by atoms with E-state index in [0.717, 1.165) is 0 Å². The molecule has 1 unspecified atom stereocenters. The lowest BCUT2D eigenvalue weighted by molar-refractivity contribution is 0.0886. The summed E-state index contributed by atoms with van der Waals surface area (Å²) in [5, 5.41) is 4.07. The van der Waals surface area contributed by atoms with Crippen LogP contribution in [0.3, 0.4) is 0 Å². The van der Waals surface area contributed by atoms with Gasteiger partial charge in [0.05, 0.1) is 0 Å². The zero-order chi connectivity index (χ0) is 7.89. The molecule has 1 aliphatic heterocycles. The van der Waals surface area contributed by atoms with Crippen LogP contribution in [0, 0.1) is 0 Å². The van der Waals surface area contributed by atoms with E-state index in [4.69, 9.17) is 11.6 Å². The maximum atomic E-state index is 6.03. The Labute approximate surface area is 67.0 Å². The topological polar surface area (TPSA) is 6.48 Å². The predicted octanol–water partition coefficient (Wildman–Crippen LogP) is 1.64. The Kier molecular flexibility index (Phi) is 1.92. The largest absolute Gasteiger partial charge is 0.312 e. The summed E-state index contributed by atoms with van der Waals surface area (Å²) in [4.78, 5) is 0. The molecule has 0 amide bonds. The van der Waals surface area contributed by atoms with E-state index in [9.17, 15) is 0 Å². The average Bonchev–Trinajstić information content (AvgIpc) is 2.07. The second-order valence-electron chi connectivity index (χ2n) is 2.70. The van der Waals surface area contributed by atoms with E-state index in [1.807, 2.05) is 19.1 Å². The summed E-state index contributed by atoms with van der Waals surface area (Å²) in [6, 6.07) is 0. The van der Waals surface area contributed by atoms with Crippen molar-refractivity contribution >= 4 is 11.6 Å². The number of hydrazine groups is 1. The summed E-state index contributed by atoms with van der Waals surface area (Å²) in [6.07, 6.45) is 0. The van der Waals surface area contributed by atoms with Gasteiger partial charge in [0.15, 0.2) is 0 Å². The third-order valence-corrected chi connectivity index (χ3v) is 2.82. The Balaban J connectivity index is 2.88. The van der Waals surface area contributed by atoms with Crippen molar-refractivity contribution in [3.63, 3.8) is 0 Å². The first-order valence-corrected chi connectivity index (χ1v) is 3.77. The van der Waals surface area contributed by atoms with Crippen LogP contribution in [-0.4, -0.2) is 29.6 Å². The number of hydrogen-bond donors (Lipinski definition) is 0. The standard InChI is InChI=1S/C7H13ClN2/c1-5-6(2)9(3)10(4)7(5)8/h7H,1-4H3. The molecule has 2 nitrogen and oxygen atoms in total. The van der Waals surface area contributed by atoms with Gasteiger partial charge in [-0.2, -0.15) is 0 Å². The SMILES string of the molecule is CC1=C(C)N(C)N(C)C1Cl. The number of allylic oxidation sites excluding steroid dienone is 1. The van der Waals surface area contributed by atoms with Gasteiger partial charge in [0, 0.05) is 19.8 Å². The highest BCUT2D eigenvalue weighted by molar-refractivity contribution is 6.22. The van der Waals surface area contributed by atoms with Gasteiger partial charge in [0.2, 0.25) is 0 Å². The smallest absolute Gasteiger partial charge is 0.125 e. The average molecular weight is 161 g/mol. The van der Waals surface area contributed by atoms with Gasteiger partial charge in [-0.15, -0.1) is 0 Å². The van der Waals surface area contributed by atoms with Crippen molar-refractivity contribution in [3.05, 3.63) is 11.3 Å². The summed E-state index contributed by atoms with van der Waals surface area (Å²) >= 11 is 6.03. The molecule has 0 fully saturated rings. The van der Waals surface area contributed by atoms with Crippen molar-refractivity contribution in [1.29, 1.82) is 0 Å². The summed E-state index contributed by atoms with van der Waals surface area (Å²) in [5.41, 5.74) is 2.54. The van der Waals surface area contributed by atoms with Gasteiger partial charge in [-0.05, 0) is 19.4 Å². The lowest BCUT2D eigenvalue weighted by Gasteiger charge is -2.24. The van der Waals surface area contributed by atoms with Gasteiger partial charge in [-0.1, -0.05) is 11.6 Å². The first kappa shape index (κ1) is 7.89. The van der Waals surface area contributed by atoms with Crippen LogP contribution in [0.4, 0.5) is 0 Å². The molecule has 0 spiro atoms. The molecule has 1 atom stereocenters. The molecule has 10 heavy (non-hydrogen) atoms. The van der Waals surface area contributed by atoms with E-state index in [1.165, 1.54) is 11.3 Å². The number of hydrogen-bond acceptors (Lipinski definition) is 2. The number of rotatable bonds is 0. The second kappa shape index (κ2) is 2.44. The Morgan fingerprint density at radius 3 is 1.90 bits per heavy atom. The summed E-state index contributed by atoms with van der Waals surface area (Å²) < 4.78 is 0. The molecule has 0 radical (unpaired) electrons. The first-order valence-electron chi connectivity index (χ1n) is 3.33. The third kappa shape index (κ3) is 0.917. The van der Waals surface area contributed by atoms with E-state index in [-0.39, 0.29) is 5.50 Å². The summed E-state index contributed by atoms with van der Waals surface area (Å²) in [6.45, 7) is 4.14. The Hall–Kier alpha value is -0.210. The fraction of sp³-hybridized carbons (Fsp3) is 0.714. The molecule has 0 saturated heterocycles. The second-order valence-corrected chi connectivity index (χ2v) is 3.11. The zero-order valence-corrected chi connectivity index (χ0v) is 7.61. The molecule has 0 saturated carbocycles. The van der Waals surface area contributed by atoms with E-state index in [1.54, 1.807) is 0 Å². The van der Waals surface area contributed by atoms with Crippen LogP contribution < -0.4 is 0 Å². The molecule has 58 valence electrons. The van der Waals surface area contributed by atoms with Crippen molar-refractivity contribution in [1.82, 2.24) is 10.0 Å². The van der Waals surface area contributed by atoms with Crippen LogP contribution in [0.1, 0.15) is 13.8 Å². The Bertz CT molecular complexity index is 158. The molecule has 0 aromatic rings. The third-order valence-electron chi connectivity index (χ3n) is 2.21. The van der Waals surface area contributed by atoms with Crippen molar-refractivity contribution in [2.75, 3.05) is 14.1 Å². The molecule has 1 aliphatic rings. The minimum atomic E-state index is 0.0463. The van der Waals surface area contributed by atoms with Crippen molar-refractivity contribution < 1.29 is 0 Å². The monoisotopic (exact) mass is 160 g/mol. The molecular weight excluding hydrogens is 148 g/mol. The molecule has 0 bridgehead atoms. The highest BCUT2D eigenvalue weighted by Crippen LogP contribution is 2.27. The molecule has 0 aliphatic carbocycles. The van der Waals surface area contributed by atoms with Crippen LogP contribution in [-0.2, 0) is 0 Å². The van der Waals surface area contributed by atoms with E-state index >= 15 is 0 Å². The van der Waals surface area contributed by atoms with Crippen molar-refractivity contribution in [3.8, 4) is 0 Å². The van der Waals surface area contributed by atoms with Crippen LogP contribution in [0.2, 0.25) is 0 Å². The summed E-state index contributed by atoms with van der Waals surface area (Å²) in [7, 11) is 4.00. The molecule has 1 heterocycles. The minimum absolute atomic E-state index is 0.0463. The van der Waals surface area contributed by atoms with E-state index in [0.29, 0.717) is 0 Å². The Morgan fingerprint density at radius 1 is 1.30 bits per heavy atom. The number of alkyl halides is 1. The lowest BCUT2D eigenvalue weighted by Crippen LogP contribution is -2.33. The first-order chi connectivity index (χ1) is 4.55. The molecule has 1 rings (SSSR count). The molecule has 3 heteroatoms. The maximum Gasteiger partial charge on any atom is 0.125 e. The zero-order valence-electron chi connectivity index (χ0n) is 6.85. The molecular formula is C7H13ClN2. The van der Waals surface area contributed by atoms with E-state index < -0.39 is 0 Å². The van der Waals surface area contributed by atoms with Gasteiger partial charge in [0.25, 0.3) is 0 Å². The van der Waals surface area contributed by atoms with Crippen LogP contribution >= 0.6 is 11.6 Å². The lowest BCUT2D eigenvalue weighted by atomic mass is 10.2. The number of halogens is 1. The summed E-state index contributed by atoms with van der Waals surface area (Å²) in [5.74, 6) is 0. The van der Waals surface area contributed by atoms with Crippen molar-refractivity contribution in [2.24, 2.45) is 0 Å². The minimum Gasteiger partial charge on any atom is -0.312 e. The fourth-order valence-electron chi connectivity index (χ4n) is 1.10. The van der Waals surface area contributed by atoms with E-state index in [2.05, 4.69) is 18.9 Å². The quantitative estimate of drug-likeness (QED) is 0.393. The normalized spacial score (nSPS) is 28.5.